The molecule has 2 aromatic carbocycles. The molecule has 4 nitrogen and oxygen atoms in total. The summed E-state index contributed by atoms with van der Waals surface area (Å²) in [7, 11) is 3.66. The minimum atomic E-state index is 0.795. The van der Waals surface area contributed by atoms with Crippen LogP contribution in [-0.2, 0) is 0 Å². The molecular weight excluding hydrogens is 288 g/mol. The molecule has 0 N–H and O–H groups in total. The number of hydrogen-bond acceptors (Lipinski definition) is 4. The van der Waals surface area contributed by atoms with Gasteiger partial charge in [-0.05, 0) is 42.5 Å². The van der Waals surface area contributed by atoms with Crippen LogP contribution in [0.15, 0.2) is 65.5 Å². The van der Waals surface area contributed by atoms with Crippen LogP contribution in [0.4, 0.5) is 11.4 Å². The molecular formula is C19H16N2O2. The van der Waals surface area contributed by atoms with Gasteiger partial charge in [-0.3, -0.25) is 4.99 Å². The second kappa shape index (κ2) is 5.32. The predicted molar refractivity (Wildman–Crippen MR) is 92.7 cm³/mol. The third kappa shape index (κ3) is 2.28. The number of hydrogen-bond donors (Lipinski definition) is 0. The first-order valence-corrected chi connectivity index (χ1v) is 7.41. The molecule has 0 unspecified atom stereocenters. The van der Waals surface area contributed by atoms with E-state index in [0.29, 0.717) is 0 Å². The SMILES string of the molecule is COc1ccc2c(c1)/C(=C/C=C1\Oc3ccccc3N1C)C=N2. The molecule has 0 radical (unpaired) electrons. The number of nitrogens with zero attached hydrogens (tertiary/aromatic N) is 2. The average molecular weight is 304 g/mol. The summed E-state index contributed by atoms with van der Waals surface area (Å²) < 4.78 is 11.2. The van der Waals surface area contributed by atoms with Crippen LogP contribution in [-0.4, -0.2) is 20.4 Å². The number of ether oxygens (including phenoxy) is 2. The predicted octanol–water partition coefficient (Wildman–Crippen LogP) is 4.16. The van der Waals surface area contributed by atoms with E-state index in [-0.39, 0.29) is 0 Å². The van der Waals surface area contributed by atoms with Gasteiger partial charge < -0.3 is 14.4 Å². The number of rotatable bonds is 2. The molecule has 2 aliphatic rings. The van der Waals surface area contributed by atoms with Crippen LogP contribution in [0.2, 0.25) is 0 Å². The lowest BCUT2D eigenvalue weighted by molar-refractivity contribution is 0.415. The number of aliphatic imine (C=N–C) groups is 1. The van der Waals surface area contributed by atoms with Crippen LogP contribution in [0.5, 0.6) is 11.5 Å². The molecule has 0 spiro atoms. The zero-order valence-electron chi connectivity index (χ0n) is 13.0. The van der Waals surface area contributed by atoms with Gasteiger partial charge in [0.2, 0.25) is 0 Å². The van der Waals surface area contributed by atoms with E-state index in [0.717, 1.165) is 39.9 Å². The van der Waals surface area contributed by atoms with E-state index in [1.165, 1.54) is 0 Å². The van der Waals surface area contributed by atoms with Crippen LogP contribution in [0.1, 0.15) is 5.56 Å². The highest BCUT2D eigenvalue weighted by atomic mass is 16.5. The second-order valence-corrected chi connectivity index (χ2v) is 5.40. The van der Waals surface area contributed by atoms with E-state index in [4.69, 9.17) is 9.47 Å². The van der Waals surface area contributed by atoms with Gasteiger partial charge in [0.15, 0.2) is 11.6 Å². The lowest BCUT2D eigenvalue weighted by atomic mass is 10.1. The maximum Gasteiger partial charge on any atom is 0.200 e. The molecule has 2 heterocycles. The third-order valence-electron chi connectivity index (χ3n) is 4.03. The van der Waals surface area contributed by atoms with Crippen molar-refractivity contribution in [2.75, 3.05) is 19.1 Å². The summed E-state index contributed by atoms with van der Waals surface area (Å²) in [4.78, 5) is 6.46. The molecule has 0 saturated heterocycles. The quantitative estimate of drug-likeness (QED) is 0.835. The van der Waals surface area contributed by atoms with Crippen molar-refractivity contribution in [2.24, 2.45) is 4.99 Å². The number of benzene rings is 2. The van der Waals surface area contributed by atoms with Crippen LogP contribution < -0.4 is 14.4 Å². The van der Waals surface area contributed by atoms with Crippen LogP contribution >= 0.6 is 0 Å². The Morgan fingerprint density at radius 3 is 2.83 bits per heavy atom. The number of allylic oxidation sites excluding steroid dienone is 3. The summed E-state index contributed by atoms with van der Waals surface area (Å²) in [5, 5.41) is 0. The fourth-order valence-corrected chi connectivity index (χ4v) is 2.75. The van der Waals surface area contributed by atoms with Gasteiger partial charge in [0.1, 0.15) is 5.75 Å². The Kier molecular flexibility index (Phi) is 3.15. The van der Waals surface area contributed by atoms with Gasteiger partial charge in [0.25, 0.3) is 0 Å². The van der Waals surface area contributed by atoms with Gasteiger partial charge in [-0.1, -0.05) is 12.1 Å². The van der Waals surface area contributed by atoms with Gasteiger partial charge in [0.05, 0.1) is 18.5 Å². The van der Waals surface area contributed by atoms with E-state index in [2.05, 4.69) is 4.99 Å². The molecule has 2 aromatic rings. The Bertz CT molecular complexity index is 865. The van der Waals surface area contributed by atoms with Crippen LogP contribution in [0.25, 0.3) is 5.57 Å². The minimum absolute atomic E-state index is 0.795. The Morgan fingerprint density at radius 1 is 1.13 bits per heavy atom. The average Bonchev–Trinajstić information content (AvgIpc) is 3.14. The first-order valence-electron chi connectivity index (χ1n) is 7.41. The topological polar surface area (TPSA) is 34.1 Å². The Hall–Kier alpha value is -3.01. The van der Waals surface area contributed by atoms with E-state index in [1.54, 1.807) is 7.11 Å². The smallest absolute Gasteiger partial charge is 0.200 e. The minimum Gasteiger partial charge on any atom is -0.497 e. The van der Waals surface area contributed by atoms with Crippen molar-refractivity contribution in [2.45, 2.75) is 0 Å². The highest BCUT2D eigenvalue weighted by Crippen LogP contribution is 2.38. The molecule has 4 heteroatoms. The molecule has 0 aliphatic carbocycles. The number of para-hydroxylation sites is 2. The van der Waals surface area contributed by atoms with Crippen molar-refractivity contribution < 1.29 is 9.47 Å². The van der Waals surface area contributed by atoms with Gasteiger partial charge >= 0.3 is 0 Å². The highest BCUT2D eigenvalue weighted by Gasteiger charge is 2.21. The molecule has 2 aliphatic heterocycles. The highest BCUT2D eigenvalue weighted by molar-refractivity contribution is 6.16. The Balaban J connectivity index is 1.66. The summed E-state index contributed by atoms with van der Waals surface area (Å²) >= 11 is 0. The normalized spacial score (nSPS) is 18.3. The Morgan fingerprint density at radius 2 is 2.00 bits per heavy atom. The van der Waals surface area contributed by atoms with Crippen molar-refractivity contribution in [3.63, 3.8) is 0 Å². The van der Waals surface area contributed by atoms with E-state index < -0.39 is 0 Å². The van der Waals surface area contributed by atoms with Crippen molar-refractivity contribution in [3.8, 4) is 11.5 Å². The summed E-state index contributed by atoms with van der Waals surface area (Å²) in [5.74, 6) is 2.50. The largest absolute Gasteiger partial charge is 0.497 e. The number of methoxy groups -OCH3 is 1. The zero-order valence-corrected chi connectivity index (χ0v) is 13.0. The van der Waals surface area contributed by atoms with Crippen LogP contribution in [0, 0.1) is 0 Å². The molecule has 0 aromatic heterocycles. The van der Waals surface area contributed by atoms with E-state index in [9.17, 15) is 0 Å². The number of anilines is 1. The van der Waals surface area contributed by atoms with Crippen molar-refractivity contribution >= 4 is 23.2 Å². The molecule has 23 heavy (non-hydrogen) atoms. The zero-order chi connectivity index (χ0) is 15.8. The lowest BCUT2D eigenvalue weighted by Gasteiger charge is -2.10. The number of fused-ring (bicyclic) bond motifs is 2. The summed E-state index contributed by atoms with van der Waals surface area (Å²) in [5.41, 5.74) is 4.14. The standard InChI is InChI=1S/C19H16N2O2/c1-21-17-5-3-4-6-18(17)23-19(21)10-7-13-12-20-16-9-8-14(22-2)11-15(13)16/h3-12H,1-2H3/b13-7+,19-10-. The molecule has 0 amide bonds. The van der Waals surface area contributed by atoms with Crippen molar-refractivity contribution in [3.05, 3.63) is 66.1 Å². The maximum atomic E-state index is 5.89. The summed E-state index contributed by atoms with van der Waals surface area (Å²) in [6, 6.07) is 13.9. The molecule has 4 rings (SSSR count). The molecule has 0 atom stereocenters. The molecule has 0 saturated carbocycles. The first-order chi connectivity index (χ1) is 11.3. The van der Waals surface area contributed by atoms with Crippen molar-refractivity contribution in [1.82, 2.24) is 0 Å². The second-order valence-electron chi connectivity index (χ2n) is 5.40. The fraction of sp³-hybridized carbons (Fsp3) is 0.105. The summed E-state index contributed by atoms with van der Waals surface area (Å²) in [6.07, 6.45) is 5.85. The van der Waals surface area contributed by atoms with E-state index in [1.807, 2.05) is 72.8 Å². The molecule has 114 valence electrons. The third-order valence-corrected chi connectivity index (χ3v) is 4.03. The maximum absolute atomic E-state index is 5.89. The lowest BCUT2D eigenvalue weighted by Crippen LogP contribution is -2.12. The van der Waals surface area contributed by atoms with Crippen molar-refractivity contribution in [1.29, 1.82) is 0 Å². The van der Waals surface area contributed by atoms with Gasteiger partial charge in [-0.2, -0.15) is 0 Å². The van der Waals surface area contributed by atoms with Gasteiger partial charge in [-0.25, -0.2) is 0 Å². The molecule has 0 bridgehead atoms. The monoisotopic (exact) mass is 304 g/mol. The first kappa shape index (κ1) is 13.6. The van der Waals surface area contributed by atoms with Crippen LogP contribution in [0.3, 0.4) is 0 Å². The molecule has 0 fully saturated rings. The van der Waals surface area contributed by atoms with Gasteiger partial charge in [0, 0.05) is 24.4 Å². The Labute approximate surface area is 135 Å². The van der Waals surface area contributed by atoms with Gasteiger partial charge in [-0.15, -0.1) is 0 Å². The fourth-order valence-electron chi connectivity index (χ4n) is 2.75. The summed E-state index contributed by atoms with van der Waals surface area (Å²) in [6.45, 7) is 0. The van der Waals surface area contributed by atoms with E-state index >= 15 is 0 Å².